The van der Waals surface area contributed by atoms with Crippen molar-refractivity contribution >= 4 is 34.5 Å². The summed E-state index contributed by atoms with van der Waals surface area (Å²) in [6.07, 6.45) is -0.970. The first-order valence-corrected chi connectivity index (χ1v) is 10.1. The standard InChI is InChI=1S/C23H19ClN4O3/c1-14-20(24)18-7-6-17(22(29)27-8-10-28(11-9-27)23(30)31)12-19(18)26-21(14)16-4-2-15(13-25)3-5-16/h2-7,12H,8-11H2,1H3,(H,30,31). The number of carbonyl (C=O) groups excluding carboxylic acids is 1. The van der Waals surface area contributed by atoms with Gasteiger partial charge < -0.3 is 14.9 Å². The van der Waals surface area contributed by atoms with E-state index < -0.39 is 6.09 Å². The molecule has 0 radical (unpaired) electrons. The minimum Gasteiger partial charge on any atom is -0.465 e. The van der Waals surface area contributed by atoms with Crippen molar-refractivity contribution in [2.45, 2.75) is 6.92 Å². The second-order valence-corrected chi connectivity index (χ2v) is 7.76. The molecule has 1 N–H and O–H groups in total. The summed E-state index contributed by atoms with van der Waals surface area (Å²) in [5.41, 5.74) is 4.00. The quantitative estimate of drug-likeness (QED) is 0.652. The van der Waals surface area contributed by atoms with Gasteiger partial charge in [0.1, 0.15) is 0 Å². The van der Waals surface area contributed by atoms with Gasteiger partial charge in [0.2, 0.25) is 0 Å². The Morgan fingerprint density at radius 2 is 1.71 bits per heavy atom. The summed E-state index contributed by atoms with van der Waals surface area (Å²) in [6, 6.07) is 14.4. The number of aromatic nitrogens is 1. The molecule has 3 aromatic rings. The molecule has 1 fully saturated rings. The molecular formula is C23H19ClN4O3. The minimum atomic E-state index is -0.970. The highest BCUT2D eigenvalue weighted by molar-refractivity contribution is 6.36. The molecule has 2 heterocycles. The van der Waals surface area contributed by atoms with Gasteiger partial charge in [0.25, 0.3) is 5.91 Å². The Morgan fingerprint density at radius 3 is 2.32 bits per heavy atom. The highest BCUT2D eigenvalue weighted by Crippen LogP contribution is 2.33. The van der Waals surface area contributed by atoms with E-state index in [-0.39, 0.29) is 5.91 Å². The van der Waals surface area contributed by atoms with Gasteiger partial charge in [0, 0.05) is 42.7 Å². The van der Waals surface area contributed by atoms with Gasteiger partial charge in [-0.05, 0) is 36.8 Å². The molecule has 7 nitrogen and oxygen atoms in total. The monoisotopic (exact) mass is 434 g/mol. The molecule has 1 saturated heterocycles. The predicted octanol–water partition coefficient (Wildman–Crippen LogP) is 4.17. The summed E-state index contributed by atoms with van der Waals surface area (Å²) in [7, 11) is 0. The molecule has 1 aliphatic rings. The Morgan fingerprint density at radius 1 is 1.06 bits per heavy atom. The molecule has 8 heteroatoms. The van der Waals surface area contributed by atoms with Gasteiger partial charge >= 0.3 is 6.09 Å². The molecule has 0 bridgehead atoms. The lowest BCUT2D eigenvalue weighted by molar-refractivity contribution is 0.0625. The van der Waals surface area contributed by atoms with Crippen molar-refractivity contribution in [3.63, 3.8) is 0 Å². The molecule has 1 aliphatic heterocycles. The third-order valence-electron chi connectivity index (χ3n) is 5.52. The Balaban J connectivity index is 1.68. The molecule has 0 saturated carbocycles. The normalized spacial score (nSPS) is 13.8. The lowest BCUT2D eigenvalue weighted by atomic mass is 10.0. The van der Waals surface area contributed by atoms with Crippen LogP contribution in [-0.4, -0.2) is 58.1 Å². The van der Waals surface area contributed by atoms with E-state index in [0.717, 1.165) is 16.5 Å². The summed E-state index contributed by atoms with van der Waals surface area (Å²) in [6.45, 7) is 3.17. The van der Waals surface area contributed by atoms with Crippen molar-refractivity contribution < 1.29 is 14.7 Å². The van der Waals surface area contributed by atoms with Crippen LogP contribution in [0, 0.1) is 18.3 Å². The number of carboxylic acid groups (broad SMARTS) is 1. The number of hydrogen-bond acceptors (Lipinski definition) is 4. The minimum absolute atomic E-state index is 0.162. The highest BCUT2D eigenvalue weighted by Gasteiger charge is 2.25. The summed E-state index contributed by atoms with van der Waals surface area (Å²) in [5, 5.41) is 19.4. The van der Waals surface area contributed by atoms with E-state index in [9.17, 15) is 9.59 Å². The lowest BCUT2D eigenvalue weighted by Crippen LogP contribution is -2.50. The zero-order chi connectivity index (χ0) is 22.1. The fraction of sp³-hybridized carbons (Fsp3) is 0.217. The van der Waals surface area contributed by atoms with Crippen LogP contribution in [0.5, 0.6) is 0 Å². The number of rotatable bonds is 2. The van der Waals surface area contributed by atoms with Gasteiger partial charge in [-0.15, -0.1) is 0 Å². The molecule has 2 amide bonds. The second kappa shape index (κ2) is 8.25. The van der Waals surface area contributed by atoms with Crippen molar-refractivity contribution in [3.8, 4) is 17.3 Å². The second-order valence-electron chi connectivity index (χ2n) is 7.38. The summed E-state index contributed by atoms with van der Waals surface area (Å²) in [4.78, 5) is 31.8. The number of fused-ring (bicyclic) bond motifs is 1. The number of nitrogens with zero attached hydrogens (tertiary/aromatic N) is 4. The average Bonchev–Trinajstić information content (AvgIpc) is 2.80. The topological polar surface area (TPSA) is 97.5 Å². The van der Waals surface area contributed by atoms with Gasteiger partial charge in [-0.1, -0.05) is 29.8 Å². The highest BCUT2D eigenvalue weighted by atomic mass is 35.5. The van der Waals surface area contributed by atoms with Gasteiger partial charge in [-0.25, -0.2) is 9.78 Å². The Hall–Kier alpha value is -3.63. The van der Waals surface area contributed by atoms with E-state index in [0.29, 0.717) is 53.5 Å². The van der Waals surface area contributed by atoms with Crippen LogP contribution in [0.25, 0.3) is 22.2 Å². The maximum Gasteiger partial charge on any atom is 0.407 e. The number of piperazine rings is 1. The van der Waals surface area contributed by atoms with Crippen LogP contribution < -0.4 is 0 Å². The smallest absolute Gasteiger partial charge is 0.407 e. The number of benzene rings is 2. The SMILES string of the molecule is Cc1c(-c2ccc(C#N)cc2)nc2cc(C(=O)N3CCN(C(=O)O)CC3)ccc2c1Cl. The number of halogens is 1. The van der Waals surface area contributed by atoms with Crippen LogP contribution in [0.3, 0.4) is 0 Å². The largest absolute Gasteiger partial charge is 0.465 e. The van der Waals surface area contributed by atoms with E-state index in [1.165, 1.54) is 4.90 Å². The first kappa shape index (κ1) is 20.6. The van der Waals surface area contributed by atoms with Crippen molar-refractivity contribution in [2.75, 3.05) is 26.2 Å². The van der Waals surface area contributed by atoms with Crippen LogP contribution in [0.2, 0.25) is 5.02 Å². The molecule has 31 heavy (non-hydrogen) atoms. The maximum atomic E-state index is 13.0. The zero-order valence-corrected chi connectivity index (χ0v) is 17.6. The third-order valence-corrected chi connectivity index (χ3v) is 6.01. The van der Waals surface area contributed by atoms with Crippen LogP contribution in [-0.2, 0) is 0 Å². The summed E-state index contributed by atoms with van der Waals surface area (Å²) in [5.74, 6) is -0.162. The van der Waals surface area contributed by atoms with E-state index in [4.69, 9.17) is 27.0 Å². The zero-order valence-electron chi connectivity index (χ0n) is 16.8. The molecule has 0 unspecified atom stereocenters. The first-order valence-electron chi connectivity index (χ1n) is 9.76. The maximum absolute atomic E-state index is 13.0. The van der Waals surface area contributed by atoms with E-state index in [1.807, 2.05) is 19.1 Å². The Labute approximate surface area is 184 Å². The number of hydrogen-bond donors (Lipinski definition) is 1. The van der Waals surface area contributed by atoms with Crippen molar-refractivity contribution in [2.24, 2.45) is 0 Å². The fourth-order valence-corrected chi connectivity index (χ4v) is 3.97. The van der Waals surface area contributed by atoms with Gasteiger partial charge in [-0.3, -0.25) is 4.79 Å². The van der Waals surface area contributed by atoms with Crippen LogP contribution in [0.15, 0.2) is 42.5 Å². The number of pyridine rings is 1. The molecule has 1 aromatic heterocycles. The number of nitriles is 1. The Bertz CT molecular complexity index is 1230. The Kier molecular flexibility index (Phi) is 5.49. The molecular weight excluding hydrogens is 416 g/mol. The first-order chi connectivity index (χ1) is 14.9. The lowest BCUT2D eigenvalue weighted by Gasteiger charge is -2.33. The molecule has 0 spiro atoms. The van der Waals surface area contributed by atoms with Crippen molar-refractivity contribution in [3.05, 3.63) is 64.2 Å². The van der Waals surface area contributed by atoms with Gasteiger partial charge in [-0.2, -0.15) is 5.26 Å². The van der Waals surface area contributed by atoms with Crippen LogP contribution in [0.1, 0.15) is 21.5 Å². The van der Waals surface area contributed by atoms with E-state index in [1.54, 1.807) is 35.2 Å². The van der Waals surface area contributed by atoms with Crippen molar-refractivity contribution in [1.82, 2.24) is 14.8 Å². The number of amides is 2. The molecule has 0 atom stereocenters. The van der Waals surface area contributed by atoms with Crippen molar-refractivity contribution in [1.29, 1.82) is 5.26 Å². The average molecular weight is 435 g/mol. The molecule has 4 rings (SSSR count). The third kappa shape index (κ3) is 3.90. The van der Waals surface area contributed by atoms with Gasteiger partial charge in [0.15, 0.2) is 0 Å². The van der Waals surface area contributed by atoms with Gasteiger partial charge in [0.05, 0.1) is 27.9 Å². The van der Waals surface area contributed by atoms with Crippen LogP contribution in [0.4, 0.5) is 4.79 Å². The molecule has 156 valence electrons. The summed E-state index contributed by atoms with van der Waals surface area (Å²) < 4.78 is 0. The predicted molar refractivity (Wildman–Crippen MR) is 117 cm³/mol. The van der Waals surface area contributed by atoms with E-state index in [2.05, 4.69) is 6.07 Å². The number of carbonyl (C=O) groups is 2. The van der Waals surface area contributed by atoms with Crippen LogP contribution >= 0.6 is 11.6 Å². The fourth-order valence-electron chi connectivity index (χ4n) is 3.72. The molecule has 2 aromatic carbocycles. The summed E-state index contributed by atoms with van der Waals surface area (Å²) >= 11 is 6.62. The molecule has 0 aliphatic carbocycles. The van der Waals surface area contributed by atoms with E-state index >= 15 is 0 Å².